The number of hydrogen-bond donors (Lipinski definition) is 1. The van der Waals surface area contributed by atoms with Crippen molar-refractivity contribution in [1.29, 1.82) is 0 Å². The van der Waals surface area contributed by atoms with Crippen molar-refractivity contribution in [3.63, 3.8) is 0 Å². The molecule has 5 atom stereocenters. The summed E-state index contributed by atoms with van der Waals surface area (Å²) in [6.07, 6.45) is -1.54. The minimum atomic E-state index is -2.28. The van der Waals surface area contributed by atoms with Gasteiger partial charge in [0.2, 0.25) is 5.79 Å². The van der Waals surface area contributed by atoms with E-state index in [4.69, 9.17) is 28.4 Å². The standard InChI is InChI=1S/C56H53FO7/c57-50-33-51(60-35-41-18-8-2-9-19-41)49(32-48(50)31-45-26-27-46-28-29-47(46)30-45)56(58)55(63-38-44-24-14-5-15-25-44)54(62-37-43-22-12-4-13-23-43)53(61-36-42-20-10-3-11-21-42)52(64-56)39-59-34-40-16-6-1-7-17-40/h1-27,30,32-33,52-55,58H,28-29,31,34-39H2/t52-,53-,54+,55-,56?/m1/s1. The minimum absolute atomic E-state index is 0.0245. The molecule has 1 heterocycles. The van der Waals surface area contributed by atoms with Gasteiger partial charge in [0.1, 0.15) is 42.6 Å². The lowest BCUT2D eigenvalue weighted by molar-refractivity contribution is -0.379. The zero-order valence-corrected chi connectivity index (χ0v) is 35.8. The first kappa shape index (κ1) is 43.3. The molecular weight excluding hydrogens is 804 g/mol. The number of aliphatic hydroxyl groups is 1. The molecule has 1 saturated heterocycles. The van der Waals surface area contributed by atoms with E-state index in [-0.39, 0.29) is 50.8 Å². The van der Waals surface area contributed by atoms with Gasteiger partial charge in [0.25, 0.3) is 0 Å². The summed E-state index contributed by atoms with van der Waals surface area (Å²) in [6.45, 7) is 0.944. The molecule has 9 rings (SSSR count). The number of hydrogen-bond acceptors (Lipinski definition) is 7. The van der Waals surface area contributed by atoms with Crippen molar-refractivity contribution in [2.45, 2.75) is 82.5 Å². The van der Waals surface area contributed by atoms with Crippen molar-refractivity contribution in [1.82, 2.24) is 0 Å². The number of halogens is 1. The van der Waals surface area contributed by atoms with E-state index in [1.807, 2.05) is 152 Å². The van der Waals surface area contributed by atoms with Crippen LogP contribution < -0.4 is 4.74 Å². The summed E-state index contributed by atoms with van der Waals surface area (Å²) in [7, 11) is 0. The fourth-order valence-electron chi connectivity index (χ4n) is 8.52. The van der Waals surface area contributed by atoms with Crippen molar-refractivity contribution in [2.24, 2.45) is 0 Å². The van der Waals surface area contributed by atoms with Gasteiger partial charge in [0, 0.05) is 12.5 Å². The Hall–Kier alpha value is -5.97. The maximum Gasteiger partial charge on any atom is 0.226 e. The molecule has 8 heteroatoms. The van der Waals surface area contributed by atoms with Gasteiger partial charge in [-0.25, -0.2) is 4.39 Å². The zero-order valence-electron chi connectivity index (χ0n) is 35.8. The first-order valence-electron chi connectivity index (χ1n) is 22.1. The summed E-state index contributed by atoms with van der Waals surface area (Å²) in [5.41, 5.74) is 8.77. The third kappa shape index (κ3) is 10.5. The predicted octanol–water partition coefficient (Wildman–Crippen LogP) is 10.6. The second-order valence-electron chi connectivity index (χ2n) is 16.6. The van der Waals surface area contributed by atoms with Crippen LogP contribution in [0.5, 0.6) is 5.75 Å². The average molecular weight is 857 g/mol. The summed E-state index contributed by atoms with van der Waals surface area (Å²) < 4.78 is 57.4. The summed E-state index contributed by atoms with van der Waals surface area (Å²) >= 11 is 0. The Kier molecular flexibility index (Phi) is 14.0. The average Bonchev–Trinajstić information content (AvgIpc) is 3.32. The van der Waals surface area contributed by atoms with Crippen molar-refractivity contribution in [3.8, 4) is 5.75 Å². The van der Waals surface area contributed by atoms with Crippen LogP contribution in [-0.4, -0.2) is 36.1 Å². The van der Waals surface area contributed by atoms with Crippen molar-refractivity contribution < 1.29 is 37.9 Å². The normalized spacial score (nSPS) is 20.3. The molecule has 0 radical (unpaired) electrons. The molecule has 1 N–H and O–H groups in total. The molecule has 0 saturated carbocycles. The van der Waals surface area contributed by atoms with Crippen molar-refractivity contribution in [2.75, 3.05) is 6.61 Å². The molecule has 7 aromatic carbocycles. The second kappa shape index (κ2) is 20.7. The van der Waals surface area contributed by atoms with Gasteiger partial charge < -0.3 is 33.5 Å². The molecule has 2 aliphatic rings. The molecule has 64 heavy (non-hydrogen) atoms. The van der Waals surface area contributed by atoms with E-state index in [1.165, 1.54) is 17.2 Å². The molecule has 1 aliphatic heterocycles. The highest BCUT2D eigenvalue weighted by Crippen LogP contribution is 2.46. The zero-order chi connectivity index (χ0) is 43.6. The molecule has 0 spiro atoms. The molecule has 0 bridgehead atoms. The molecular formula is C56H53FO7. The summed E-state index contributed by atoms with van der Waals surface area (Å²) in [6, 6.07) is 58.4. The topological polar surface area (TPSA) is 75.6 Å². The molecule has 0 aromatic heterocycles. The third-order valence-electron chi connectivity index (χ3n) is 12.0. The molecule has 1 fully saturated rings. The van der Waals surface area contributed by atoms with Crippen LogP contribution in [0.2, 0.25) is 0 Å². The lowest BCUT2D eigenvalue weighted by Crippen LogP contribution is -2.65. The molecule has 1 unspecified atom stereocenters. The quantitative estimate of drug-likeness (QED) is 0.0868. The minimum Gasteiger partial charge on any atom is -0.488 e. The monoisotopic (exact) mass is 856 g/mol. The largest absolute Gasteiger partial charge is 0.488 e. The summed E-state index contributed by atoms with van der Waals surface area (Å²) in [4.78, 5) is 0. The van der Waals surface area contributed by atoms with E-state index in [9.17, 15) is 5.11 Å². The van der Waals surface area contributed by atoms with Crippen molar-refractivity contribution >= 4 is 0 Å². The maximum absolute atomic E-state index is 16.6. The second-order valence-corrected chi connectivity index (χ2v) is 16.6. The van der Waals surface area contributed by atoms with Gasteiger partial charge in [-0.2, -0.15) is 0 Å². The maximum atomic E-state index is 16.6. The number of benzene rings is 7. The Morgan fingerprint density at radius 2 is 1.02 bits per heavy atom. The van der Waals surface area contributed by atoms with Gasteiger partial charge in [0.15, 0.2) is 0 Å². The Morgan fingerprint density at radius 3 is 1.55 bits per heavy atom. The van der Waals surface area contributed by atoms with E-state index in [0.717, 1.165) is 46.2 Å². The van der Waals surface area contributed by atoms with Gasteiger partial charge >= 0.3 is 0 Å². The number of fused-ring (bicyclic) bond motifs is 1. The number of rotatable bonds is 19. The number of ether oxygens (including phenoxy) is 6. The van der Waals surface area contributed by atoms with E-state index in [0.29, 0.717) is 12.2 Å². The van der Waals surface area contributed by atoms with Gasteiger partial charge in [0.05, 0.1) is 38.6 Å². The van der Waals surface area contributed by atoms with Crippen LogP contribution in [-0.2, 0) is 81.8 Å². The Bertz CT molecular complexity index is 2540. The first-order valence-corrected chi connectivity index (χ1v) is 22.1. The highest BCUT2D eigenvalue weighted by molar-refractivity contribution is 5.46. The first-order chi connectivity index (χ1) is 31.5. The Morgan fingerprint density at radius 1 is 0.516 bits per heavy atom. The molecule has 7 aromatic rings. The smallest absolute Gasteiger partial charge is 0.226 e. The van der Waals surface area contributed by atoms with Crippen LogP contribution in [0.3, 0.4) is 0 Å². The number of aryl methyl sites for hydroxylation is 2. The van der Waals surface area contributed by atoms with Crippen LogP contribution in [0.25, 0.3) is 0 Å². The Labute approximate surface area is 375 Å². The van der Waals surface area contributed by atoms with Crippen LogP contribution >= 0.6 is 0 Å². The lowest BCUT2D eigenvalue weighted by atomic mass is 9.84. The van der Waals surface area contributed by atoms with Crippen molar-refractivity contribution in [3.05, 3.63) is 243 Å². The van der Waals surface area contributed by atoms with E-state index >= 15 is 4.39 Å². The summed E-state index contributed by atoms with van der Waals surface area (Å²) in [5, 5.41) is 13.7. The van der Waals surface area contributed by atoms with Gasteiger partial charge in [-0.1, -0.05) is 170 Å². The third-order valence-corrected chi connectivity index (χ3v) is 12.0. The molecule has 326 valence electrons. The fraction of sp³-hybridized carbons (Fsp3) is 0.250. The van der Waals surface area contributed by atoms with Gasteiger partial charge in [-0.05, 0) is 69.0 Å². The predicted molar refractivity (Wildman–Crippen MR) is 244 cm³/mol. The SMILES string of the molecule is OC1(c2cc(Cc3ccc4c(c3)CC4)c(F)cc2OCc2ccccc2)O[C@H](COCc2ccccc2)[C@@H](OCc2ccccc2)[C@H](OCc2ccccc2)[C@H]1OCc1ccccc1. The van der Waals surface area contributed by atoms with Crippen LogP contribution in [0, 0.1) is 5.82 Å². The molecule has 7 nitrogen and oxygen atoms in total. The molecule has 0 amide bonds. The van der Waals surface area contributed by atoms with Gasteiger partial charge in [-0.15, -0.1) is 0 Å². The van der Waals surface area contributed by atoms with Gasteiger partial charge in [-0.3, -0.25) is 0 Å². The van der Waals surface area contributed by atoms with E-state index in [1.54, 1.807) is 6.07 Å². The van der Waals surface area contributed by atoms with Crippen LogP contribution in [0.15, 0.2) is 182 Å². The van der Waals surface area contributed by atoms with Crippen LogP contribution in [0.4, 0.5) is 4.39 Å². The summed E-state index contributed by atoms with van der Waals surface area (Å²) in [5.74, 6) is -2.62. The van der Waals surface area contributed by atoms with E-state index < -0.39 is 36.0 Å². The fourth-order valence-corrected chi connectivity index (χ4v) is 8.52. The van der Waals surface area contributed by atoms with E-state index in [2.05, 4.69) is 18.2 Å². The Balaban J connectivity index is 1.16. The molecule has 1 aliphatic carbocycles. The highest BCUT2D eigenvalue weighted by atomic mass is 19.1. The lowest BCUT2D eigenvalue weighted by Gasteiger charge is -2.50. The highest BCUT2D eigenvalue weighted by Gasteiger charge is 2.58. The van der Waals surface area contributed by atoms with Crippen LogP contribution in [0.1, 0.15) is 55.6 Å².